The van der Waals surface area contributed by atoms with E-state index in [2.05, 4.69) is 14.9 Å². The number of carbonyl (C=O) groups excluding carboxylic acids is 1. The lowest BCUT2D eigenvalue weighted by Gasteiger charge is -2.31. The molecule has 0 spiro atoms. The van der Waals surface area contributed by atoms with E-state index in [-0.39, 0.29) is 24.3 Å². The van der Waals surface area contributed by atoms with Crippen LogP contribution in [0.3, 0.4) is 0 Å². The van der Waals surface area contributed by atoms with Crippen LogP contribution < -0.4 is 16.4 Å². The minimum Gasteiger partial charge on any atom is -0.481 e. The van der Waals surface area contributed by atoms with Gasteiger partial charge in [-0.3, -0.25) is 9.79 Å². The number of likely N-dealkylation sites (N-methyl/N-ethyl adjacent to an activating group) is 1. The zero-order chi connectivity index (χ0) is 23.0. The number of nitrogens with two attached hydrogens (primary N) is 2. The number of halogens is 1. The maximum atomic E-state index is 14.3. The number of pyridine rings is 1. The summed E-state index contributed by atoms with van der Waals surface area (Å²) in [6, 6.07) is 6.00. The summed E-state index contributed by atoms with van der Waals surface area (Å²) in [5, 5.41) is 0. The first-order valence-electron chi connectivity index (χ1n) is 10.4. The molecule has 2 aliphatic heterocycles. The van der Waals surface area contributed by atoms with Crippen LogP contribution in [0.5, 0.6) is 0 Å². The number of nitrogen functional groups attached to an aromatic ring is 1. The first-order chi connectivity index (χ1) is 15.3. The van der Waals surface area contributed by atoms with Crippen molar-refractivity contribution in [2.24, 2.45) is 10.7 Å². The molecule has 4 rings (SSSR count). The van der Waals surface area contributed by atoms with E-state index < -0.39 is 0 Å². The number of nitrogens with zero attached hydrogens (tertiary/aromatic N) is 4. The van der Waals surface area contributed by atoms with Crippen molar-refractivity contribution in [3.05, 3.63) is 58.7 Å². The zero-order valence-electron chi connectivity index (χ0n) is 18.4. The molecule has 3 heterocycles. The largest absolute Gasteiger partial charge is 0.481 e. The standard InChI is InChI=1S/C23H27FN6O2/c1-27-22(32-3)20-13-9-19(21(26)28-11-13)30-8-4-5-18(30)16-10-14(24)6-7-15(16)23(31)29(2)12-17(20)25/h6-7,9-11,18H,4-5,8,12,25H2,1-3H3,(H2,26,28). The number of aromatic nitrogens is 1. The summed E-state index contributed by atoms with van der Waals surface area (Å²) in [7, 11) is 4.79. The van der Waals surface area contributed by atoms with Gasteiger partial charge in [0.1, 0.15) is 11.6 Å². The number of amides is 1. The summed E-state index contributed by atoms with van der Waals surface area (Å²) >= 11 is 0. The molecule has 2 aliphatic rings. The van der Waals surface area contributed by atoms with Crippen molar-refractivity contribution >= 4 is 28.9 Å². The van der Waals surface area contributed by atoms with Crippen LogP contribution in [0.1, 0.15) is 40.4 Å². The molecule has 0 saturated carbocycles. The molecule has 8 nitrogen and oxygen atoms in total. The van der Waals surface area contributed by atoms with Crippen LogP contribution >= 0.6 is 0 Å². The van der Waals surface area contributed by atoms with Crippen LogP contribution in [0.2, 0.25) is 0 Å². The maximum Gasteiger partial charge on any atom is 0.254 e. The van der Waals surface area contributed by atoms with Crippen LogP contribution in [0.25, 0.3) is 5.57 Å². The third-order valence-corrected chi connectivity index (χ3v) is 6.04. The first-order valence-corrected chi connectivity index (χ1v) is 10.4. The lowest BCUT2D eigenvalue weighted by Crippen LogP contribution is -2.34. The molecule has 9 heteroatoms. The molecule has 32 heavy (non-hydrogen) atoms. The summed E-state index contributed by atoms with van der Waals surface area (Å²) < 4.78 is 19.7. The van der Waals surface area contributed by atoms with Crippen LogP contribution in [0.4, 0.5) is 15.9 Å². The Balaban J connectivity index is 2.01. The smallest absolute Gasteiger partial charge is 0.254 e. The van der Waals surface area contributed by atoms with Gasteiger partial charge < -0.3 is 26.0 Å². The lowest BCUT2D eigenvalue weighted by atomic mass is 9.96. The van der Waals surface area contributed by atoms with E-state index in [1.54, 1.807) is 26.4 Å². The van der Waals surface area contributed by atoms with Crippen LogP contribution in [0.15, 0.2) is 41.2 Å². The molecular formula is C23H27FN6O2. The van der Waals surface area contributed by atoms with E-state index in [1.807, 2.05) is 6.07 Å². The van der Waals surface area contributed by atoms with Gasteiger partial charge in [0.25, 0.3) is 5.91 Å². The van der Waals surface area contributed by atoms with Crippen molar-refractivity contribution in [3.63, 3.8) is 0 Å². The zero-order valence-corrected chi connectivity index (χ0v) is 18.4. The van der Waals surface area contributed by atoms with Crippen LogP contribution in [-0.4, -0.2) is 56.0 Å². The average molecular weight is 439 g/mol. The maximum absolute atomic E-state index is 14.3. The normalized spacial score (nSPS) is 19.3. The molecule has 168 valence electrons. The highest BCUT2D eigenvalue weighted by molar-refractivity contribution is 6.20. The Morgan fingerprint density at radius 2 is 2.09 bits per heavy atom. The van der Waals surface area contributed by atoms with Gasteiger partial charge in [0.2, 0.25) is 5.90 Å². The molecule has 2 bridgehead atoms. The van der Waals surface area contributed by atoms with Crippen molar-refractivity contribution in [2.45, 2.75) is 18.9 Å². The quantitative estimate of drug-likeness (QED) is 0.523. The number of carbonyl (C=O) groups is 1. The Morgan fingerprint density at radius 1 is 1.31 bits per heavy atom. The van der Waals surface area contributed by atoms with Gasteiger partial charge in [-0.15, -0.1) is 0 Å². The first kappa shape index (κ1) is 21.6. The fraction of sp³-hybridized carbons (Fsp3) is 0.348. The molecule has 1 unspecified atom stereocenters. The number of fused-ring (bicyclic) bond motifs is 6. The van der Waals surface area contributed by atoms with E-state index in [0.717, 1.165) is 12.8 Å². The fourth-order valence-electron chi connectivity index (χ4n) is 4.58. The molecule has 1 fully saturated rings. The summed E-state index contributed by atoms with van der Waals surface area (Å²) in [6.07, 6.45) is 3.26. The van der Waals surface area contributed by atoms with E-state index >= 15 is 0 Å². The van der Waals surface area contributed by atoms with Gasteiger partial charge in [-0.05, 0) is 42.7 Å². The average Bonchev–Trinajstić information content (AvgIpc) is 3.26. The van der Waals surface area contributed by atoms with Gasteiger partial charge in [0.05, 0.1) is 31.0 Å². The Kier molecular flexibility index (Phi) is 5.73. The molecule has 2 aromatic rings. The Labute approximate surface area is 186 Å². The van der Waals surface area contributed by atoms with Crippen LogP contribution in [-0.2, 0) is 4.74 Å². The van der Waals surface area contributed by atoms with Gasteiger partial charge in [0, 0.05) is 43.7 Å². The van der Waals surface area contributed by atoms with E-state index in [0.29, 0.717) is 51.9 Å². The molecule has 1 atom stereocenters. The summed E-state index contributed by atoms with van der Waals surface area (Å²) in [5.74, 6) is 0.0586. The predicted octanol–water partition coefficient (Wildman–Crippen LogP) is 2.57. The number of hydrogen-bond donors (Lipinski definition) is 2. The topological polar surface area (TPSA) is 110 Å². The number of aliphatic imine (C=N–C) groups is 1. The Morgan fingerprint density at radius 3 is 2.81 bits per heavy atom. The number of rotatable bonds is 1. The lowest BCUT2D eigenvalue weighted by molar-refractivity contribution is 0.0805. The number of methoxy groups -OCH3 is 1. The third kappa shape index (κ3) is 3.63. The summed E-state index contributed by atoms with van der Waals surface area (Å²) in [5.41, 5.74) is 16.2. The fourth-order valence-corrected chi connectivity index (χ4v) is 4.58. The van der Waals surface area contributed by atoms with Gasteiger partial charge in [-0.1, -0.05) is 0 Å². The van der Waals surface area contributed by atoms with E-state index in [9.17, 15) is 9.18 Å². The number of anilines is 2. The molecule has 4 N–H and O–H groups in total. The highest BCUT2D eigenvalue weighted by atomic mass is 19.1. The molecule has 1 aromatic carbocycles. The van der Waals surface area contributed by atoms with Crippen molar-refractivity contribution in [3.8, 4) is 0 Å². The minimum absolute atomic E-state index is 0.126. The minimum atomic E-state index is -0.386. The Hall–Kier alpha value is -3.62. The van der Waals surface area contributed by atoms with E-state index in [4.69, 9.17) is 16.2 Å². The number of hydrogen-bond acceptors (Lipinski definition) is 7. The predicted molar refractivity (Wildman–Crippen MR) is 123 cm³/mol. The monoisotopic (exact) mass is 438 g/mol. The SMILES string of the molecule is CN=C(OC)C1=C(N)CN(C)C(=O)c2ccc(F)cc2C2CCCN2c2cc1cnc2N. The van der Waals surface area contributed by atoms with Crippen molar-refractivity contribution in [2.75, 3.05) is 44.9 Å². The van der Waals surface area contributed by atoms with Gasteiger partial charge in [-0.2, -0.15) is 0 Å². The van der Waals surface area contributed by atoms with Crippen molar-refractivity contribution < 1.29 is 13.9 Å². The Bertz CT molecular complexity index is 1130. The van der Waals surface area contributed by atoms with Crippen LogP contribution in [0, 0.1) is 5.82 Å². The third-order valence-electron chi connectivity index (χ3n) is 6.04. The molecule has 0 radical (unpaired) electrons. The summed E-state index contributed by atoms with van der Waals surface area (Å²) in [4.78, 5) is 25.6. The van der Waals surface area contributed by atoms with Crippen molar-refractivity contribution in [1.29, 1.82) is 0 Å². The number of benzene rings is 1. The molecule has 1 amide bonds. The van der Waals surface area contributed by atoms with Gasteiger partial charge in [0.15, 0.2) is 0 Å². The highest BCUT2D eigenvalue weighted by Crippen LogP contribution is 2.41. The molecule has 0 aliphatic carbocycles. The van der Waals surface area contributed by atoms with E-state index in [1.165, 1.54) is 24.1 Å². The molecular weight excluding hydrogens is 411 g/mol. The second-order valence-corrected chi connectivity index (χ2v) is 8.01. The molecule has 1 saturated heterocycles. The van der Waals surface area contributed by atoms with Gasteiger partial charge in [-0.25, -0.2) is 9.37 Å². The molecule has 1 aromatic heterocycles. The highest BCUT2D eigenvalue weighted by Gasteiger charge is 2.33. The number of ether oxygens (including phenoxy) is 1. The van der Waals surface area contributed by atoms with Gasteiger partial charge >= 0.3 is 0 Å². The second-order valence-electron chi connectivity index (χ2n) is 8.01. The van der Waals surface area contributed by atoms with Crippen molar-refractivity contribution in [1.82, 2.24) is 9.88 Å². The summed E-state index contributed by atoms with van der Waals surface area (Å²) in [6.45, 7) is 0.828. The second kappa shape index (κ2) is 8.49.